The van der Waals surface area contributed by atoms with Crippen LogP contribution in [0.25, 0.3) is 0 Å². The number of hydrogen-bond acceptors (Lipinski definition) is 5. The summed E-state index contributed by atoms with van der Waals surface area (Å²) >= 11 is 6.01. The van der Waals surface area contributed by atoms with E-state index in [2.05, 4.69) is 10.6 Å². The van der Waals surface area contributed by atoms with Gasteiger partial charge in [0.2, 0.25) is 11.8 Å². The van der Waals surface area contributed by atoms with Gasteiger partial charge in [0, 0.05) is 7.05 Å². The van der Waals surface area contributed by atoms with Crippen LogP contribution in [0.4, 0.5) is 11.4 Å². The lowest BCUT2D eigenvalue weighted by molar-refractivity contribution is -0.131. The SMILES string of the molecule is CCOc1ccc(C#N)cc1NCC(=O)N(C)CC(=O)Nc1ccccc1Cl. The summed E-state index contributed by atoms with van der Waals surface area (Å²) in [6.45, 7) is 2.13. The van der Waals surface area contributed by atoms with Crippen LogP contribution in [0.3, 0.4) is 0 Å². The standard InChI is InChI=1S/C20H21ClN4O3/c1-3-28-18-9-8-14(11-22)10-17(18)23-12-20(27)25(2)13-19(26)24-16-7-5-4-6-15(16)21/h4-10,23H,3,12-13H2,1-2H3,(H,24,26). The number of benzene rings is 2. The normalized spacial score (nSPS) is 9.93. The molecule has 2 aromatic carbocycles. The van der Waals surface area contributed by atoms with Gasteiger partial charge in [0.1, 0.15) is 5.75 Å². The molecule has 146 valence electrons. The third-order valence-electron chi connectivity index (χ3n) is 3.79. The Labute approximate surface area is 168 Å². The first-order valence-corrected chi connectivity index (χ1v) is 9.01. The molecule has 0 spiro atoms. The Hall–Kier alpha value is -3.24. The van der Waals surface area contributed by atoms with Crippen molar-refractivity contribution in [3.63, 3.8) is 0 Å². The van der Waals surface area contributed by atoms with Gasteiger partial charge >= 0.3 is 0 Å². The van der Waals surface area contributed by atoms with Crippen LogP contribution in [-0.4, -0.2) is 43.5 Å². The van der Waals surface area contributed by atoms with Gasteiger partial charge in [0.15, 0.2) is 0 Å². The smallest absolute Gasteiger partial charge is 0.244 e. The average molecular weight is 401 g/mol. The maximum absolute atomic E-state index is 12.3. The summed E-state index contributed by atoms with van der Waals surface area (Å²) in [6, 6.07) is 13.8. The Bertz CT molecular complexity index is 895. The number of nitriles is 1. The predicted octanol–water partition coefficient (Wildman–Crippen LogP) is 3.12. The van der Waals surface area contributed by atoms with E-state index in [1.165, 1.54) is 11.9 Å². The minimum Gasteiger partial charge on any atom is -0.492 e. The van der Waals surface area contributed by atoms with E-state index in [-0.39, 0.29) is 24.9 Å². The second-order valence-electron chi connectivity index (χ2n) is 5.89. The second-order valence-corrected chi connectivity index (χ2v) is 6.29. The maximum atomic E-state index is 12.3. The topological polar surface area (TPSA) is 94.5 Å². The first-order chi connectivity index (χ1) is 13.4. The third-order valence-corrected chi connectivity index (χ3v) is 4.12. The van der Waals surface area contributed by atoms with Crippen LogP contribution in [0.1, 0.15) is 12.5 Å². The molecule has 0 saturated carbocycles. The number of carbonyl (C=O) groups is 2. The van der Waals surface area contributed by atoms with Gasteiger partial charge in [-0.15, -0.1) is 0 Å². The summed E-state index contributed by atoms with van der Waals surface area (Å²) in [5, 5.41) is 15.1. The molecule has 0 unspecified atom stereocenters. The number of anilines is 2. The molecule has 0 aliphatic carbocycles. The lowest BCUT2D eigenvalue weighted by atomic mass is 10.2. The molecule has 0 atom stereocenters. The number of halogens is 1. The van der Waals surface area contributed by atoms with Crippen molar-refractivity contribution in [1.82, 2.24) is 4.90 Å². The van der Waals surface area contributed by atoms with Crippen LogP contribution in [0.5, 0.6) is 5.75 Å². The first-order valence-electron chi connectivity index (χ1n) is 8.63. The fourth-order valence-corrected chi connectivity index (χ4v) is 2.56. The summed E-state index contributed by atoms with van der Waals surface area (Å²) in [6.07, 6.45) is 0. The van der Waals surface area contributed by atoms with E-state index < -0.39 is 0 Å². The minimum absolute atomic E-state index is 0.0508. The van der Waals surface area contributed by atoms with E-state index in [0.29, 0.717) is 34.3 Å². The van der Waals surface area contributed by atoms with Crippen molar-refractivity contribution >= 4 is 34.8 Å². The fraction of sp³-hybridized carbons (Fsp3) is 0.250. The summed E-state index contributed by atoms with van der Waals surface area (Å²) in [5.41, 5.74) is 1.48. The molecule has 0 heterocycles. The molecule has 2 rings (SSSR count). The first kappa shape index (κ1) is 21.1. The van der Waals surface area contributed by atoms with E-state index in [0.717, 1.165) is 0 Å². The van der Waals surface area contributed by atoms with Crippen LogP contribution in [0, 0.1) is 11.3 Å². The molecule has 0 saturated heterocycles. The average Bonchev–Trinajstić information content (AvgIpc) is 2.68. The Balaban J connectivity index is 1.93. The van der Waals surface area contributed by atoms with Crippen molar-refractivity contribution in [2.75, 3.05) is 37.4 Å². The highest BCUT2D eigenvalue weighted by atomic mass is 35.5. The van der Waals surface area contributed by atoms with Gasteiger partial charge in [-0.2, -0.15) is 5.26 Å². The van der Waals surface area contributed by atoms with Crippen LogP contribution < -0.4 is 15.4 Å². The summed E-state index contributed by atoms with van der Waals surface area (Å²) in [5.74, 6) is -0.0991. The van der Waals surface area contributed by atoms with Gasteiger partial charge in [0.05, 0.1) is 47.7 Å². The molecule has 2 N–H and O–H groups in total. The molecule has 0 aromatic heterocycles. The highest BCUT2D eigenvalue weighted by molar-refractivity contribution is 6.33. The number of amides is 2. The molecule has 2 aromatic rings. The Kier molecular flexibility index (Phi) is 7.66. The van der Waals surface area contributed by atoms with Crippen molar-refractivity contribution in [2.24, 2.45) is 0 Å². The Morgan fingerprint density at radius 1 is 1.21 bits per heavy atom. The second kappa shape index (κ2) is 10.2. The van der Waals surface area contributed by atoms with E-state index in [4.69, 9.17) is 21.6 Å². The molecule has 0 fully saturated rings. The zero-order chi connectivity index (χ0) is 20.5. The molecule has 7 nitrogen and oxygen atoms in total. The number of carbonyl (C=O) groups excluding carboxylic acids is 2. The summed E-state index contributed by atoms with van der Waals surface area (Å²) < 4.78 is 5.50. The monoisotopic (exact) mass is 400 g/mol. The van der Waals surface area contributed by atoms with Crippen molar-refractivity contribution in [2.45, 2.75) is 6.92 Å². The highest BCUT2D eigenvalue weighted by Crippen LogP contribution is 2.25. The molecular weight excluding hydrogens is 380 g/mol. The van der Waals surface area contributed by atoms with Crippen molar-refractivity contribution in [3.8, 4) is 11.8 Å². The number of para-hydroxylation sites is 1. The molecule has 8 heteroatoms. The van der Waals surface area contributed by atoms with Gasteiger partial charge < -0.3 is 20.3 Å². The zero-order valence-corrected chi connectivity index (χ0v) is 16.4. The molecule has 0 aliphatic heterocycles. The van der Waals surface area contributed by atoms with Crippen LogP contribution in [0.15, 0.2) is 42.5 Å². The largest absolute Gasteiger partial charge is 0.492 e. The van der Waals surface area contributed by atoms with Gasteiger partial charge in [-0.25, -0.2) is 0 Å². The summed E-state index contributed by atoms with van der Waals surface area (Å²) in [4.78, 5) is 25.8. The number of likely N-dealkylation sites (N-methyl/N-ethyl adjacent to an activating group) is 1. The third kappa shape index (κ3) is 5.89. The Morgan fingerprint density at radius 2 is 1.96 bits per heavy atom. The molecule has 0 bridgehead atoms. The number of hydrogen-bond donors (Lipinski definition) is 2. The molecule has 0 radical (unpaired) electrons. The van der Waals surface area contributed by atoms with Crippen molar-refractivity contribution in [1.29, 1.82) is 5.26 Å². The zero-order valence-electron chi connectivity index (χ0n) is 15.7. The van der Waals surface area contributed by atoms with Gasteiger partial charge in [-0.1, -0.05) is 23.7 Å². The summed E-state index contributed by atoms with van der Waals surface area (Å²) in [7, 11) is 1.53. The van der Waals surface area contributed by atoms with Crippen LogP contribution in [0.2, 0.25) is 5.02 Å². The number of ether oxygens (including phenoxy) is 1. The van der Waals surface area contributed by atoms with E-state index in [1.807, 2.05) is 13.0 Å². The van der Waals surface area contributed by atoms with E-state index in [1.54, 1.807) is 42.5 Å². The molecule has 2 amide bonds. The minimum atomic E-state index is -0.356. The highest BCUT2D eigenvalue weighted by Gasteiger charge is 2.15. The number of rotatable bonds is 8. The van der Waals surface area contributed by atoms with Crippen LogP contribution >= 0.6 is 11.6 Å². The van der Waals surface area contributed by atoms with Crippen molar-refractivity contribution < 1.29 is 14.3 Å². The predicted molar refractivity (Wildman–Crippen MR) is 109 cm³/mol. The quantitative estimate of drug-likeness (QED) is 0.709. The van der Waals surface area contributed by atoms with E-state index in [9.17, 15) is 9.59 Å². The number of nitrogens with one attached hydrogen (secondary N) is 2. The Morgan fingerprint density at radius 3 is 2.64 bits per heavy atom. The maximum Gasteiger partial charge on any atom is 0.244 e. The van der Waals surface area contributed by atoms with Crippen molar-refractivity contribution in [3.05, 3.63) is 53.1 Å². The lowest BCUT2D eigenvalue weighted by Crippen LogP contribution is -2.38. The van der Waals surface area contributed by atoms with Gasteiger partial charge in [0.25, 0.3) is 0 Å². The fourth-order valence-electron chi connectivity index (χ4n) is 2.38. The van der Waals surface area contributed by atoms with Crippen LogP contribution in [-0.2, 0) is 9.59 Å². The lowest BCUT2D eigenvalue weighted by Gasteiger charge is -2.18. The van der Waals surface area contributed by atoms with Gasteiger partial charge in [-0.3, -0.25) is 9.59 Å². The molecular formula is C20H21ClN4O3. The molecule has 28 heavy (non-hydrogen) atoms. The molecule has 0 aliphatic rings. The van der Waals surface area contributed by atoms with E-state index >= 15 is 0 Å². The van der Waals surface area contributed by atoms with Gasteiger partial charge in [-0.05, 0) is 37.3 Å². The number of nitrogens with zero attached hydrogens (tertiary/aromatic N) is 2.